The summed E-state index contributed by atoms with van der Waals surface area (Å²) in [5, 5.41) is 0.287. The van der Waals surface area contributed by atoms with Crippen LogP contribution >= 0.6 is 0 Å². The van der Waals surface area contributed by atoms with Gasteiger partial charge in [-0.15, -0.1) is 0 Å². The smallest absolute Gasteiger partial charge is 0.336 e. The number of fused-ring (bicyclic) bond motifs is 1. The van der Waals surface area contributed by atoms with Crippen LogP contribution < -0.4 is 11.2 Å². The fraction of sp³-hybridized carbons (Fsp3) is 0.318. The lowest BCUT2D eigenvalue weighted by Crippen LogP contribution is -2.48. The van der Waals surface area contributed by atoms with Crippen LogP contribution in [0.15, 0.2) is 58.1 Å². The van der Waals surface area contributed by atoms with E-state index in [1.54, 1.807) is 29.2 Å². The molecule has 2 heterocycles. The van der Waals surface area contributed by atoms with E-state index in [0.29, 0.717) is 38.2 Å². The van der Waals surface area contributed by atoms with Crippen molar-refractivity contribution < 1.29 is 13.9 Å². The van der Waals surface area contributed by atoms with Crippen molar-refractivity contribution in [2.24, 2.45) is 0 Å². The topological polar surface area (TPSA) is 73.5 Å². The molecule has 1 amide bonds. The summed E-state index contributed by atoms with van der Waals surface area (Å²) in [6.07, 6.45) is 0.363. The van der Waals surface area contributed by atoms with Gasteiger partial charge in [-0.2, -0.15) is 0 Å². The molecule has 1 aliphatic rings. The second-order valence-corrected chi connectivity index (χ2v) is 7.15. The molecule has 8 heteroatoms. The monoisotopic (exact) mass is 411 g/mol. The predicted octanol–water partition coefficient (Wildman–Crippen LogP) is 2.10. The molecule has 1 atom stereocenters. The van der Waals surface area contributed by atoms with E-state index in [1.165, 1.54) is 22.8 Å². The minimum absolute atomic E-state index is 0.123. The molecule has 0 bridgehead atoms. The van der Waals surface area contributed by atoms with Gasteiger partial charge in [0.15, 0.2) is 0 Å². The van der Waals surface area contributed by atoms with Crippen LogP contribution in [0.5, 0.6) is 0 Å². The number of amides is 1. The van der Waals surface area contributed by atoms with Crippen molar-refractivity contribution in [2.75, 3.05) is 26.3 Å². The third-order valence-electron chi connectivity index (χ3n) is 5.37. The quantitative estimate of drug-likeness (QED) is 0.659. The highest BCUT2D eigenvalue weighted by molar-refractivity contribution is 5.84. The SMILES string of the molecule is CC[C@@H](C(=O)N1CCOCC1)n1c(=O)n(-c2cccc(F)c2)c(=O)c2ccccc21. The Hall–Kier alpha value is -3.26. The van der Waals surface area contributed by atoms with Gasteiger partial charge in [-0.05, 0) is 36.8 Å². The molecule has 7 nitrogen and oxygen atoms in total. The van der Waals surface area contributed by atoms with E-state index < -0.39 is 23.1 Å². The average Bonchev–Trinajstić information content (AvgIpc) is 2.77. The Morgan fingerprint density at radius 2 is 1.83 bits per heavy atom. The zero-order valence-corrected chi connectivity index (χ0v) is 16.6. The highest BCUT2D eigenvalue weighted by Gasteiger charge is 2.29. The molecule has 3 aromatic rings. The van der Waals surface area contributed by atoms with E-state index in [1.807, 2.05) is 6.92 Å². The Kier molecular flexibility index (Phi) is 5.50. The Labute approximate surface area is 171 Å². The molecule has 1 aromatic heterocycles. The van der Waals surface area contributed by atoms with Gasteiger partial charge in [0.25, 0.3) is 5.56 Å². The molecule has 1 fully saturated rings. The molecule has 30 heavy (non-hydrogen) atoms. The Balaban J connectivity index is 1.98. The maximum Gasteiger partial charge on any atom is 0.336 e. The first-order chi connectivity index (χ1) is 14.5. The zero-order valence-electron chi connectivity index (χ0n) is 16.6. The van der Waals surface area contributed by atoms with E-state index in [4.69, 9.17) is 4.74 Å². The second kappa shape index (κ2) is 8.23. The predicted molar refractivity (Wildman–Crippen MR) is 110 cm³/mol. The highest BCUT2D eigenvalue weighted by Crippen LogP contribution is 2.20. The van der Waals surface area contributed by atoms with Gasteiger partial charge in [0.2, 0.25) is 5.91 Å². The van der Waals surface area contributed by atoms with E-state index in [0.717, 1.165) is 10.6 Å². The molecule has 0 N–H and O–H groups in total. The highest BCUT2D eigenvalue weighted by atomic mass is 19.1. The van der Waals surface area contributed by atoms with Gasteiger partial charge in [-0.1, -0.05) is 25.1 Å². The number of ether oxygens (including phenoxy) is 1. The van der Waals surface area contributed by atoms with Gasteiger partial charge in [0.05, 0.1) is 29.8 Å². The number of carbonyl (C=O) groups is 1. The number of hydrogen-bond acceptors (Lipinski definition) is 4. The zero-order chi connectivity index (χ0) is 21.3. The number of hydrogen-bond donors (Lipinski definition) is 0. The van der Waals surface area contributed by atoms with E-state index in [-0.39, 0.29) is 17.0 Å². The van der Waals surface area contributed by atoms with E-state index in [2.05, 4.69) is 0 Å². The van der Waals surface area contributed by atoms with Crippen LogP contribution in [0, 0.1) is 5.82 Å². The van der Waals surface area contributed by atoms with Crippen molar-refractivity contribution >= 4 is 16.8 Å². The Bertz CT molecular complexity index is 1210. The van der Waals surface area contributed by atoms with Crippen LogP contribution in [0.1, 0.15) is 19.4 Å². The number of rotatable bonds is 4. The normalized spacial score (nSPS) is 15.3. The lowest BCUT2D eigenvalue weighted by molar-refractivity contribution is -0.139. The van der Waals surface area contributed by atoms with E-state index in [9.17, 15) is 18.8 Å². The van der Waals surface area contributed by atoms with Crippen molar-refractivity contribution in [3.8, 4) is 5.69 Å². The summed E-state index contributed by atoms with van der Waals surface area (Å²) in [6, 6.07) is 11.2. The molecule has 4 rings (SSSR count). The van der Waals surface area contributed by atoms with Gasteiger partial charge in [-0.3, -0.25) is 14.2 Å². The number of morpholine rings is 1. The number of benzene rings is 2. The van der Waals surface area contributed by atoms with Crippen LogP contribution in [-0.2, 0) is 9.53 Å². The lowest BCUT2D eigenvalue weighted by Gasteiger charge is -2.31. The molecule has 1 aliphatic heterocycles. The summed E-state index contributed by atoms with van der Waals surface area (Å²) in [5.74, 6) is -0.757. The van der Waals surface area contributed by atoms with Crippen molar-refractivity contribution in [3.63, 3.8) is 0 Å². The summed E-state index contributed by atoms with van der Waals surface area (Å²) in [6.45, 7) is 3.61. The first-order valence-electron chi connectivity index (χ1n) is 9.91. The number of aromatic nitrogens is 2. The van der Waals surface area contributed by atoms with Crippen LogP contribution in [0.25, 0.3) is 16.6 Å². The molecule has 0 aliphatic carbocycles. The summed E-state index contributed by atoms with van der Waals surface area (Å²) in [7, 11) is 0. The number of para-hydroxylation sites is 1. The first kappa shape index (κ1) is 20.0. The van der Waals surface area contributed by atoms with Crippen molar-refractivity contribution in [1.82, 2.24) is 14.0 Å². The summed E-state index contributed by atoms with van der Waals surface area (Å²) >= 11 is 0. The van der Waals surface area contributed by atoms with Gasteiger partial charge in [0.1, 0.15) is 11.9 Å². The third kappa shape index (κ3) is 3.43. The molecule has 0 unspecified atom stereocenters. The van der Waals surface area contributed by atoms with Gasteiger partial charge in [-0.25, -0.2) is 13.8 Å². The third-order valence-corrected chi connectivity index (χ3v) is 5.37. The minimum Gasteiger partial charge on any atom is -0.378 e. The summed E-state index contributed by atoms with van der Waals surface area (Å²) in [5.41, 5.74) is -0.712. The molecular formula is C22H22FN3O4. The number of nitrogens with zero attached hydrogens (tertiary/aromatic N) is 3. The molecule has 1 saturated heterocycles. The van der Waals surface area contributed by atoms with Crippen molar-refractivity contribution in [3.05, 3.63) is 75.2 Å². The Morgan fingerprint density at radius 1 is 1.10 bits per heavy atom. The fourth-order valence-electron chi connectivity index (χ4n) is 3.89. The van der Waals surface area contributed by atoms with Crippen LogP contribution in [0.3, 0.4) is 0 Å². The molecule has 156 valence electrons. The van der Waals surface area contributed by atoms with Crippen LogP contribution in [0.4, 0.5) is 4.39 Å². The van der Waals surface area contributed by atoms with Gasteiger partial charge < -0.3 is 9.64 Å². The average molecular weight is 411 g/mol. The fourth-order valence-corrected chi connectivity index (χ4v) is 3.89. The van der Waals surface area contributed by atoms with Crippen LogP contribution in [0.2, 0.25) is 0 Å². The molecular weight excluding hydrogens is 389 g/mol. The maximum absolute atomic E-state index is 13.8. The second-order valence-electron chi connectivity index (χ2n) is 7.15. The Morgan fingerprint density at radius 3 is 2.53 bits per heavy atom. The molecule has 0 spiro atoms. The minimum atomic E-state index is -0.791. The van der Waals surface area contributed by atoms with Crippen molar-refractivity contribution in [1.29, 1.82) is 0 Å². The maximum atomic E-state index is 13.8. The number of carbonyl (C=O) groups excluding carboxylic acids is 1. The lowest BCUT2D eigenvalue weighted by atomic mass is 10.1. The molecule has 0 saturated carbocycles. The molecule has 0 radical (unpaired) electrons. The number of halogens is 1. The van der Waals surface area contributed by atoms with Crippen LogP contribution in [-0.4, -0.2) is 46.2 Å². The van der Waals surface area contributed by atoms with Gasteiger partial charge >= 0.3 is 5.69 Å². The van der Waals surface area contributed by atoms with Crippen molar-refractivity contribution in [2.45, 2.75) is 19.4 Å². The first-order valence-corrected chi connectivity index (χ1v) is 9.91. The largest absolute Gasteiger partial charge is 0.378 e. The summed E-state index contributed by atoms with van der Waals surface area (Å²) < 4.78 is 21.4. The van der Waals surface area contributed by atoms with Gasteiger partial charge in [0, 0.05) is 13.1 Å². The van der Waals surface area contributed by atoms with E-state index >= 15 is 0 Å². The standard InChI is InChI=1S/C22H22FN3O4/c1-2-18(21(28)24-10-12-30-13-11-24)26-19-9-4-3-8-17(19)20(27)25(22(26)29)16-7-5-6-15(23)14-16/h3-9,14,18H,2,10-13H2,1H3/t18-/m0/s1. The summed E-state index contributed by atoms with van der Waals surface area (Å²) in [4.78, 5) is 41.6. The molecule has 2 aromatic carbocycles.